The Morgan fingerprint density at radius 3 is 2.21 bits per heavy atom. The minimum atomic E-state index is -4.45. The van der Waals surface area contributed by atoms with Gasteiger partial charge in [-0.15, -0.1) is 0 Å². The van der Waals surface area contributed by atoms with Crippen LogP contribution in [0.5, 0.6) is 0 Å². The largest absolute Gasteiger partial charge is 0.416 e. The molecule has 3 nitrogen and oxygen atoms in total. The van der Waals surface area contributed by atoms with Crippen LogP contribution in [0.1, 0.15) is 30.4 Å². The van der Waals surface area contributed by atoms with Gasteiger partial charge in [-0.1, -0.05) is 11.8 Å². The van der Waals surface area contributed by atoms with E-state index in [1.54, 1.807) is 0 Å². The molecule has 0 heterocycles. The molecule has 2 rings (SSSR count). The van der Waals surface area contributed by atoms with Crippen LogP contribution in [-0.2, 0) is 11.0 Å². The topological polar surface area (TPSA) is 49.3 Å². The van der Waals surface area contributed by atoms with Crippen molar-refractivity contribution in [1.82, 2.24) is 5.32 Å². The lowest BCUT2D eigenvalue weighted by Gasteiger charge is -2.41. The lowest BCUT2D eigenvalue weighted by molar-refractivity contribution is -0.215. The number of nitrogens with one attached hydrogen (secondary N) is 1. The molecule has 0 atom stereocenters. The predicted molar refractivity (Wildman–Crippen MR) is 75.1 cm³/mol. The van der Waals surface area contributed by atoms with Crippen LogP contribution in [-0.4, -0.2) is 29.1 Å². The van der Waals surface area contributed by atoms with Gasteiger partial charge in [0, 0.05) is 5.56 Å². The Morgan fingerprint density at radius 1 is 1.17 bits per heavy atom. The summed E-state index contributed by atoms with van der Waals surface area (Å²) in [7, 11) is 0. The first-order valence-electron chi connectivity index (χ1n) is 7.11. The van der Waals surface area contributed by atoms with Gasteiger partial charge in [-0.05, 0) is 43.5 Å². The number of benzene rings is 1. The Morgan fingerprint density at radius 2 is 1.75 bits per heavy atom. The van der Waals surface area contributed by atoms with Crippen LogP contribution >= 0.6 is 0 Å². The molecule has 1 aromatic carbocycles. The molecule has 1 aliphatic rings. The number of aliphatic hydroxyl groups is 1. The SMILES string of the molecule is O=C(NCC#Cc1ccc(C(F)(F)F)cc1)C(F)(F)C1(O)CCC1. The number of hydrogen-bond donors (Lipinski definition) is 2. The summed E-state index contributed by atoms with van der Waals surface area (Å²) >= 11 is 0. The minimum Gasteiger partial charge on any atom is -0.383 e. The first-order valence-corrected chi connectivity index (χ1v) is 7.11. The second kappa shape index (κ2) is 6.40. The molecular weight excluding hydrogens is 333 g/mol. The summed E-state index contributed by atoms with van der Waals surface area (Å²) in [5.41, 5.74) is -2.88. The standard InChI is InChI=1S/C16H14F5NO2/c17-15(18,14(24)8-2-9-14)13(23)22-10-1-3-11-4-6-12(7-5-11)16(19,20)21/h4-7,24H,2,8-10H2,(H,22,23). The highest BCUT2D eigenvalue weighted by atomic mass is 19.4. The fourth-order valence-corrected chi connectivity index (χ4v) is 2.16. The molecule has 0 aliphatic heterocycles. The van der Waals surface area contributed by atoms with Crippen LogP contribution in [0.2, 0.25) is 0 Å². The molecule has 0 bridgehead atoms. The van der Waals surface area contributed by atoms with E-state index in [2.05, 4.69) is 11.8 Å². The third-order valence-electron chi connectivity index (χ3n) is 3.83. The van der Waals surface area contributed by atoms with Gasteiger partial charge in [0.15, 0.2) is 0 Å². The number of halogens is 5. The van der Waals surface area contributed by atoms with Crippen molar-refractivity contribution in [3.05, 3.63) is 35.4 Å². The fourth-order valence-electron chi connectivity index (χ4n) is 2.16. The van der Waals surface area contributed by atoms with Gasteiger partial charge in [0.2, 0.25) is 0 Å². The highest BCUT2D eigenvalue weighted by molar-refractivity contribution is 5.85. The lowest BCUT2D eigenvalue weighted by atomic mass is 9.75. The second-order valence-corrected chi connectivity index (χ2v) is 5.52. The lowest BCUT2D eigenvalue weighted by Crippen LogP contribution is -2.60. The van der Waals surface area contributed by atoms with Crippen LogP contribution in [0.3, 0.4) is 0 Å². The van der Waals surface area contributed by atoms with E-state index in [4.69, 9.17) is 0 Å². The molecule has 0 unspecified atom stereocenters. The van der Waals surface area contributed by atoms with E-state index >= 15 is 0 Å². The van der Waals surface area contributed by atoms with Gasteiger partial charge in [-0.2, -0.15) is 22.0 Å². The van der Waals surface area contributed by atoms with Crippen molar-refractivity contribution in [3.63, 3.8) is 0 Å². The Kier molecular flexibility index (Phi) is 4.85. The van der Waals surface area contributed by atoms with E-state index in [9.17, 15) is 31.9 Å². The third-order valence-corrected chi connectivity index (χ3v) is 3.83. The van der Waals surface area contributed by atoms with Gasteiger partial charge in [-0.25, -0.2) is 0 Å². The molecular formula is C16H14F5NO2. The van der Waals surface area contributed by atoms with Gasteiger partial charge in [0.25, 0.3) is 5.91 Å². The van der Waals surface area contributed by atoms with E-state index in [-0.39, 0.29) is 18.4 Å². The summed E-state index contributed by atoms with van der Waals surface area (Å²) in [5, 5.41) is 11.5. The van der Waals surface area contributed by atoms with Crippen LogP contribution < -0.4 is 5.32 Å². The number of rotatable bonds is 3. The number of amides is 1. The molecule has 0 radical (unpaired) electrons. The normalized spacial score (nSPS) is 16.6. The number of alkyl halides is 5. The molecule has 1 fully saturated rings. The third kappa shape index (κ3) is 3.67. The van der Waals surface area contributed by atoms with Crippen molar-refractivity contribution in [2.24, 2.45) is 0 Å². The van der Waals surface area contributed by atoms with E-state index in [1.165, 1.54) is 0 Å². The number of carbonyl (C=O) groups is 1. The average Bonchev–Trinajstić information content (AvgIpc) is 2.48. The van der Waals surface area contributed by atoms with E-state index < -0.39 is 35.7 Å². The Labute approximate surface area is 134 Å². The van der Waals surface area contributed by atoms with Gasteiger partial charge >= 0.3 is 12.1 Å². The van der Waals surface area contributed by atoms with Crippen LogP contribution in [0.25, 0.3) is 0 Å². The van der Waals surface area contributed by atoms with Crippen molar-refractivity contribution in [2.45, 2.75) is 37.0 Å². The molecule has 130 valence electrons. The van der Waals surface area contributed by atoms with Crippen molar-refractivity contribution >= 4 is 5.91 Å². The molecule has 2 N–H and O–H groups in total. The average molecular weight is 347 g/mol. The minimum absolute atomic E-state index is 0.148. The van der Waals surface area contributed by atoms with Gasteiger partial charge < -0.3 is 10.4 Å². The number of carbonyl (C=O) groups excluding carboxylic acids is 1. The van der Waals surface area contributed by atoms with E-state index in [0.29, 0.717) is 6.42 Å². The van der Waals surface area contributed by atoms with E-state index in [0.717, 1.165) is 24.3 Å². The summed E-state index contributed by atoms with van der Waals surface area (Å²) in [6.45, 7) is -0.411. The zero-order chi connectivity index (χ0) is 18.0. The maximum absolute atomic E-state index is 13.7. The monoisotopic (exact) mass is 347 g/mol. The summed E-state index contributed by atoms with van der Waals surface area (Å²) in [6, 6.07) is 3.98. The Balaban J connectivity index is 1.91. The smallest absolute Gasteiger partial charge is 0.383 e. The fraction of sp³-hybridized carbons (Fsp3) is 0.438. The first kappa shape index (κ1) is 18.2. The van der Waals surface area contributed by atoms with Gasteiger partial charge in [0.1, 0.15) is 5.60 Å². The summed E-state index contributed by atoms with van der Waals surface area (Å²) in [6.07, 6.45) is -4.32. The summed E-state index contributed by atoms with van der Waals surface area (Å²) in [4.78, 5) is 11.5. The number of hydrogen-bond acceptors (Lipinski definition) is 2. The molecule has 0 aromatic heterocycles. The molecule has 8 heteroatoms. The zero-order valence-corrected chi connectivity index (χ0v) is 12.4. The molecule has 1 saturated carbocycles. The van der Waals surface area contributed by atoms with Gasteiger partial charge in [-0.3, -0.25) is 4.79 Å². The van der Waals surface area contributed by atoms with Crippen molar-refractivity contribution in [2.75, 3.05) is 6.54 Å². The predicted octanol–water partition coefficient (Wildman–Crippen LogP) is 2.72. The summed E-state index contributed by atoms with van der Waals surface area (Å²) < 4.78 is 64.6. The summed E-state index contributed by atoms with van der Waals surface area (Å²) in [5.74, 6) is -0.691. The van der Waals surface area contributed by atoms with Crippen molar-refractivity contribution in [3.8, 4) is 11.8 Å². The van der Waals surface area contributed by atoms with Gasteiger partial charge in [0.05, 0.1) is 12.1 Å². The molecule has 1 aliphatic carbocycles. The molecule has 1 aromatic rings. The Bertz CT molecular complexity index is 666. The van der Waals surface area contributed by atoms with Crippen molar-refractivity contribution < 1.29 is 31.9 Å². The second-order valence-electron chi connectivity index (χ2n) is 5.52. The molecule has 24 heavy (non-hydrogen) atoms. The highest BCUT2D eigenvalue weighted by Gasteiger charge is 2.60. The van der Waals surface area contributed by atoms with Crippen LogP contribution in [0, 0.1) is 11.8 Å². The van der Waals surface area contributed by atoms with E-state index in [1.807, 2.05) is 5.32 Å². The Hall–Kier alpha value is -2.14. The zero-order valence-electron chi connectivity index (χ0n) is 12.4. The maximum Gasteiger partial charge on any atom is 0.416 e. The molecule has 0 spiro atoms. The quantitative estimate of drug-likeness (QED) is 0.653. The van der Waals surface area contributed by atoms with Crippen LogP contribution in [0.4, 0.5) is 22.0 Å². The first-order chi connectivity index (χ1) is 11.1. The maximum atomic E-state index is 13.7. The molecule has 1 amide bonds. The molecule has 0 saturated heterocycles. The van der Waals surface area contributed by atoms with Crippen molar-refractivity contribution in [1.29, 1.82) is 0 Å². The highest BCUT2D eigenvalue weighted by Crippen LogP contribution is 2.44. The van der Waals surface area contributed by atoms with Crippen LogP contribution in [0.15, 0.2) is 24.3 Å².